The maximum atomic E-state index is 12.6. The number of phenolic OH excluding ortho intramolecular Hbond substituents is 2. The van der Waals surface area contributed by atoms with Crippen LogP contribution in [0, 0.1) is 0 Å². The SMILES string of the molecule is C.CC(C)(C)c1cc(C(=O)Nc2nccs2)cc(C(C)(C)C)c1O.CC(C)(C)c1cc(C(=O)O)cc(C(C)(C)C)c1O.Nc1nccs1. The highest BCUT2D eigenvalue weighted by atomic mass is 32.1. The number of carbonyl (C=O) groups excluding carboxylic acids is 1. The highest BCUT2D eigenvalue weighted by Gasteiger charge is 2.29. The van der Waals surface area contributed by atoms with Crippen molar-refractivity contribution in [1.82, 2.24) is 9.97 Å². The van der Waals surface area contributed by atoms with Crippen LogP contribution in [0.25, 0.3) is 0 Å². The Morgan fingerprint density at radius 1 is 0.646 bits per heavy atom. The summed E-state index contributed by atoms with van der Waals surface area (Å²) in [5, 5.41) is 37.9. The van der Waals surface area contributed by atoms with Gasteiger partial charge in [0, 0.05) is 51.0 Å². The summed E-state index contributed by atoms with van der Waals surface area (Å²) in [4.78, 5) is 31.5. The standard InChI is InChI=1S/C18H24N2O2S.C15H22O3.C3H4N2S.CH4/c1-17(2,3)12-9-11(10-13(14(12)21)18(4,5)6)15(22)20-16-19-7-8-23-16;1-14(2,3)10-7-9(13(17)18)8-11(12(10)16)15(4,5)6;4-3-5-1-2-6-3;/h7-10,21H,1-6H3,(H,19,20,22);7-8,16H,1-6H3,(H,17,18);1-2H,(H2,4,5);1H4. The lowest BCUT2D eigenvalue weighted by Crippen LogP contribution is -2.20. The van der Waals surface area contributed by atoms with Crippen LogP contribution < -0.4 is 11.1 Å². The number of amides is 1. The predicted molar refractivity (Wildman–Crippen MR) is 201 cm³/mol. The lowest BCUT2D eigenvalue weighted by molar-refractivity contribution is 0.0696. The van der Waals surface area contributed by atoms with E-state index in [2.05, 4.69) is 15.3 Å². The van der Waals surface area contributed by atoms with Crippen LogP contribution in [0.1, 0.15) is 133 Å². The van der Waals surface area contributed by atoms with E-state index in [1.165, 1.54) is 22.7 Å². The summed E-state index contributed by atoms with van der Waals surface area (Å²) in [6.07, 6.45) is 3.33. The quantitative estimate of drug-likeness (QED) is 0.141. The Bertz CT molecular complexity index is 1580. The molecule has 0 aliphatic heterocycles. The van der Waals surface area contributed by atoms with Gasteiger partial charge in [-0.3, -0.25) is 10.1 Å². The molecule has 2 aromatic carbocycles. The molecular formula is C37H54N4O5S2. The molecule has 2 heterocycles. The van der Waals surface area contributed by atoms with Crippen molar-refractivity contribution >= 4 is 44.8 Å². The number of anilines is 2. The Balaban J connectivity index is 0.000000409. The molecule has 9 nitrogen and oxygen atoms in total. The van der Waals surface area contributed by atoms with E-state index in [-0.39, 0.29) is 52.1 Å². The minimum absolute atomic E-state index is 0. The number of benzene rings is 2. The first kappa shape index (κ1) is 42.1. The average molecular weight is 699 g/mol. The number of nitrogens with zero attached hydrogens (tertiary/aromatic N) is 2. The Kier molecular flexibility index (Phi) is 14.0. The van der Waals surface area contributed by atoms with Crippen LogP contribution in [-0.2, 0) is 21.7 Å². The Hall–Kier alpha value is -3.96. The van der Waals surface area contributed by atoms with E-state index in [9.17, 15) is 24.9 Å². The molecule has 1 amide bonds. The number of hydrogen-bond donors (Lipinski definition) is 5. The van der Waals surface area contributed by atoms with Gasteiger partial charge in [-0.05, 0) is 45.9 Å². The molecule has 2 aromatic heterocycles. The summed E-state index contributed by atoms with van der Waals surface area (Å²) in [7, 11) is 0. The third-order valence-corrected chi connectivity index (χ3v) is 8.36. The highest BCUT2D eigenvalue weighted by molar-refractivity contribution is 7.13. The summed E-state index contributed by atoms with van der Waals surface area (Å²) in [6, 6.07) is 6.67. The fourth-order valence-electron chi connectivity index (χ4n) is 4.50. The molecule has 11 heteroatoms. The molecule has 48 heavy (non-hydrogen) atoms. The summed E-state index contributed by atoms with van der Waals surface area (Å²) in [6.45, 7) is 23.9. The second kappa shape index (κ2) is 16.0. The number of hydrogen-bond acceptors (Lipinski definition) is 9. The van der Waals surface area contributed by atoms with E-state index in [0.29, 0.717) is 27.0 Å². The molecule has 0 unspecified atom stereocenters. The molecule has 6 N–H and O–H groups in total. The number of nitrogens with two attached hydrogens (primary N) is 1. The number of carboxylic acid groups (broad SMARTS) is 1. The highest BCUT2D eigenvalue weighted by Crippen LogP contribution is 2.41. The summed E-state index contributed by atoms with van der Waals surface area (Å²) in [5.41, 5.74) is 7.72. The largest absolute Gasteiger partial charge is 0.507 e. The molecule has 4 aromatic rings. The minimum Gasteiger partial charge on any atom is -0.507 e. The molecule has 4 rings (SSSR count). The third-order valence-electron chi connectivity index (χ3n) is 7.07. The van der Waals surface area contributed by atoms with Crippen LogP contribution >= 0.6 is 22.7 Å². The second-order valence-corrected chi connectivity index (χ2v) is 17.1. The third kappa shape index (κ3) is 11.6. The van der Waals surface area contributed by atoms with E-state index >= 15 is 0 Å². The molecule has 0 saturated heterocycles. The molecule has 0 fully saturated rings. The van der Waals surface area contributed by atoms with Crippen LogP contribution in [0.3, 0.4) is 0 Å². The van der Waals surface area contributed by atoms with E-state index in [4.69, 9.17) is 5.73 Å². The molecular weight excluding hydrogens is 645 g/mol. The molecule has 0 spiro atoms. The first-order chi connectivity index (χ1) is 21.3. The maximum Gasteiger partial charge on any atom is 0.335 e. The van der Waals surface area contributed by atoms with Crippen molar-refractivity contribution in [3.63, 3.8) is 0 Å². The van der Waals surface area contributed by atoms with Crippen LogP contribution in [0.4, 0.5) is 10.3 Å². The van der Waals surface area contributed by atoms with Crippen LogP contribution in [0.15, 0.2) is 47.4 Å². The van der Waals surface area contributed by atoms with Crippen molar-refractivity contribution in [2.45, 2.75) is 112 Å². The maximum absolute atomic E-state index is 12.6. The molecule has 0 aliphatic rings. The number of aromatic carboxylic acids is 1. The Morgan fingerprint density at radius 3 is 1.25 bits per heavy atom. The Morgan fingerprint density at radius 2 is 1.00 bits per heavy atom. The van der Waals surface area contributed by atoms with Gasteiger partial charge in [-0.15, -0.1) is 22.7 Å². The van der Waals surface area contributed by atoms with E-state index < -0.39 is 5.97 Å². The molecule has 0 radical (unpaired) electrons. The Labute approximate surface area is 294 Å². The van der Waals surface area contributed by atoms with Crippen molar-refractivity contribution in [2.75, 3.05) is 11.1 Å². The van der Waals surface area contributed by atoms with Crippen LogP contribution in [0.5, 0.6) is 11.5 Å². The predicted octanol–water partition coefficient (Wildman–Crippen LogP) is 9.74. The molecule has 0 aliphatic carbocycles. The lowest BCUT2D eigenvalue weighted by Gasteiger charge is -2.28. The normalized spacial score (nSPS) is 11.7. The van der Waals surface area contributed by atoms with Crippen molar-refractivity contribution in [1.29, 1.82) is 0 Å². The molecule has 0 saturated carbocycles. The zero-order chi connectivity index (χ0) is 36.1. The second-order valence-electron chi connectivity index (χ2n) is 15.3. The number of rotatable bonds is 3. The number of thiazole rings is 2. The van der Waals surface area contributed by atoms with Crippen molar-refractivity contribution in [2.24, 2.45) is 0 Å². The monoisotopic (exact) mass is 698 g/mol. The number of carboxylic acids is 1. The molecule has 264 valence electrons. The van der Waals surface area contributed by atoms with Gasteiger partial charge in [0.25, 0.3) is 5.91 Å². The zero-order valence-electron chi connectivity index (χ0n) is 29.6. The van der Waals surface area contributed by atoms with Gasteiger partial charge in [0.2, 0.25) is 0 Å². The zero-order valence-corrected chi connectivity index (χ0v) is 31.2. The fraction of sp³-hybridized carbons (Fsp3) is 0.459. The number of aromatic hydroxyl groups is 2. The first-order valence-corrected chi connectivity index (χ1v) is 16.9. The lowest BCUT2D eigenvalue weighted by atomic mass is 9.78. The van der Waals surface area contributed by atoms with Crippen LogP contribution in [-0.4, -0.2) is 37.2 Å². The van der Waals surface area contributed by atoms with E-state index in [0.717, 1.165) is 11.1 Å². The van der Waals surface area contributed by atoms with Gasteiger partial charge in [-0.25, -0.2) is 14.8 Å². The number of phenols is 2. The van der Waals surface area contributed by atoms with Gasteiger partial charge >= 0.3 is 5.97 Å². The summed E-state index contributed by atoms with van der Waals surface area (Å²) >= 11 is 2.82. The number of carbonyl (C=O) groups is 2. The van der Waals surface area contributed by atoms with Gasteiger partial charge < -0.3 is 21.1 Å². The summed E-state index contributed by atoms with van der Waals surface area (Å²) < 4.78 is 0. The fourth-order valence-corrected chi connectivity index (χ4v) is 5.41. The van der Waals surface area contributed by atoms with E-state index in [1.807, 2.05) is 93.8 Å². The molecule has 0 atom stereocenters. The smallest absolute Gasteiger partial charge is 0.335 e. The van der Waals surface area contributed by atoms with Gasteiger partial charge in [0.1, 0.15) is 11.5 Å². The van der Waals surface area contributed by atoms with E-state index in [1.54, 1.807) is 36.7 Å². The molecule has 0 bridgehead atoms. The van der Waals surface area contributed by atoms with Crippen molar-refractivity contribution in [3.8, 4) is 11.5 Å². The minimum atomic E-state index is -0.967. The topological polar surface area (TPSA) is 159 Å². The average Bonchev–Trinajstić information content (AvgIpc) is 3.60. The number of nitrogen functional groups attached to an aromatic ring is 1. The number of nitrogens with one attached hydrogen (secondary N) is 1. The number of aromatic nitrogens is 2. The summed E-state index contributed by atoms with van der Waals surface area (Å²) in [5.74, 6) is -0.697. The van der Waals surface area contributed by atoms with Gasteiger partial charge in [0.15, 0.2) is 10.3 Å². The van der Waals surface area contributed by atoms with Gasteiger partial charge in [-0.1, -0.05) is 90.5 Å². The van der Waals surface area contributed by atoms with Gasteiger partial charge in [-0.2, -0.15) is 0 Å². The van der Waals surface area contributed by atoms with Gasteiger partial charge in [0.05, 0.1) is 5.56 Å². The van der Waals surface area contributed by atoms with Crippen LogP contribution in [0.2, 0.25) is 0 Å². The van der Waals surface area contributed by atoms with Crippen molar-refractivity contribution in [3.05, 3.63) is 80.8 Å². The first-order valence-electron chi connectivity index (χ1n) is 15.2. The van der Waals surface area contributed by atoms with Crippen molar-refractivity contribution < 1.29 is 24.9 Å².